The molecule has 0 aliphatic heterocycles. The highest BCUT2D eigenvalue weighted by Crippen LogP contribution is 2.18. The van der Waals surface area contributed by atoms with E-state index in [0.29, 0.717) is 19.3 Å². The molecule has 0 bridgehead atoms. The fourth-order valence-corrected chi connectivity index (χ4v) is 10.5. The molecular weight excluding hydrogens is 949 g/mol. The lowest BCUT2D eigenvalue weighted by molar-refractivity contribution is -0.167. The Bertz CT molecular complexity index is 1290. The molecule has 452 valence electrons. The summed E-state index contributed by atoms with van der Waals surface area (Å²) in [5, 5.41) is 0. The van der Waals surface area contributed by atoms with Crippen molar-refractivity contribution in [1.82, 2.24) is 0 Å². The van der Waals surface area contributed by atoms with Crippen molar-refractivity contribution < 1.29 is 28.6 Å². The maximum absolute atomic E-state index is 12.9. The van der Waals surface area contributed by atoms with E-state index in [0.717, 1.165) is 70.6 Å². The van der Waals surface area contributed by atoms with E-state index in [9.17, 15) is 14.4 Å². The van der Waals surface area contributed by atoms with E-state index in [-0.39, 0.29) is 31.1 Å². The minimum absolute atomic E-state index is 0.0649. The van der Waals surface area contributed by atoms with Crippen molar-refractivity contribution in [3.05, 3.63) is 36.5 Å². The number of hydrogen-bond donors (Lipinski definition) is 0. The Morgan fingerprint density at radius 2 is 0.468 bits per heavy atom. The van der Waals surface area contributed by atoms with Gasteiger partial charge in [0.2, 0.25) is 0 Å². The predicted molar refractivity (Wildman–Crippen MR) is 335 cm³/mol. The molecule has 0 aromatic rings. The summed E-state index contributed by atoms with van der Waals surface area (Å²) in [4.78, 5) is 38.3. The zero-order valence-corrected chi connectivity index (χ0v) is 52.0. The molecule has 0 saturated carbocycles. The summed E-state index contributed by atoms with van der Waals surface area (Å²) in [7, 11) is 0. The number of carbonyl (C=O) groups is 3. The Morgan fingerprint density at radius 1 is 0.260 bits per heavy atom. The standard InChI is InChI=1S/C71H132O6/c1-4-7-10-13-16-19-22-25-27-29-30-31-32-33-34-35-36-37-38-39-40-41-42-43-45-46-49-52-55-58-61-64-70(73)76-67-68(66-75-69(72)63-60-57-54-51-48-24-21-18-15-12-9-6-3)77-71(74)65-62-59-56-53-50-47-44-28-26-23-20-17-14-11-8-5-2/h22,25,29-30,32-33,68H,4-21,23-24,26-28,31,34-67H2,1-3H3/b25-22-,30-29-,33-32-. The molecule has 0 spiro atoms. The van der Waals surface area contributed by atoms with Gasteiger partial charge in [-0.15, -0.1) is 0 Å². The second-order valence-corrected chi connectivity index (χ2v) is 23.5. The maximum Gasteiger partial charge on any atom is 0.306 e. The summed E-state index contributed by atoms with van der Waals surface area (Å²) in [5.74, 6) is -0.837. The van der Waals surface area contributed by atoms with Crippen LogP contribution in [-0.2, 0) is 28.6 Å². The Morgan fingerprint density at radius 3 is 0.727 bits per heavy atom. The summed E-state index contributed by atoms with van der Waals surface area (Å²) >= 11 is 0. The highest BCUT2D eigenvalue weighted by molar-refractivity contribution is 5.71. The predicted octanol–water partition coefficient (Wildman–Crippen LogP) is 23.6. The van der Waals surface area contributed by atoms with E-state index >= 15 is 0 Å². The van der Waals surface area contributed by atoms with Gasteiger partial charge in [0.15, 0.2) is 6.10 Å². The third kappa shape index (κ3) is 64.3. The van der Waals surface area contributed by atoms with Crippen LogP contribution in [-0.4, -0.2) is 37.2 Å². The second kappa shape index (κ2) is 66.1. The van der Waals surface area contributed by atoms with Gasteiger partial charge in [-0.1, -0.05) is 340 Å². The molecule has 1 unspecified atom stereocenters. The summed E-state index contributed by atoms with van der Waals surface area (Å²) in [6.07, 6.45) is 81.7. The summed E-state index contributed by atoms with van der Waals surface area (Å²) < 4.78 is 17.0. The number of allylic oxidation sites excluding steroid dienone is 6. The van der Waals surface area contributed by atoms with Gasteiger partial charge in [-0.05, 0) is 57.8 Å². The highest BCUT2D eigenvalue weighted by Gasteiger charge is 2.19. The summed E-state index contributed by atoms with van der Waals surface area (Å²) in [6.45, 7) is 6.69. The zero-order chi connectivity index (χ0) is 55.7. The van der Waals surface area contributed by atoms with Crippen molar-refractivity contribution in [3.8, 4) is 0 Å². The first kappa shape index (κ1) is 74.6. The van der Waals surface area contributed by atoms with Gasteiger partial charge >= 0.3 is 17.9 Å². The zero-order valence-electron chi connectivity index (χ0n) is 52.0. The van der Waals surface area contributed by atoms with Crippen LogP contribution in [0.3, 0.4) is 0 Å². The van der Waals surface area contributed by atoms with Crippen molar-refractivity contribution in [2.45, 2.75) is 386 Å². The van der Waals surface area contributed by atoms with Crippen LogP contribution in [0.2, 0.25) is 0 Å². The smallest absolute Gasteiger partial charge is 0.306 e. The van der Waals surface area contributed by atoms with E-state index in [1.807, 2.05) is 0 Å². The lowest BCUT2D eigenvalue weighted by atomic mass is 10.0. The van der Waals surface area contributed by atoms with Gasteiger partial charge in [-0.2, -0.15) is 0 Å². The van der Waals surface area contributed by atoms with Crippen LogP contribution in [0.4, 0.5) is 0 Å². The van der Waals surface area contributed by atoms with E-state index < -0.39 is 6.10 Å². The van der Waals surface area contributed by atoms with Crippen molar-refractivity contribution in [1.29, 1.82) is 0 Å². The molecule has 1 atom stereocenters. The van der Waals surface area contributed by atoms with Crippen LogP contribution in [0.25, 0.3) is 0 Å². The summed E-state index contributed by atoms with van der Waals surface area (Å²) in [6, 6.07) is 0. The summed E-state index contributed by atoms with van der Waals surface area (Å²) in [5.41, 5.74) is 0. The normalized spacial score (nSPS) is 12.2. The van der Waals surface area contributed by atoms with Gasteiger partial charge in [0.05, 0.1) is 0 Å². The maximum atomic E-state index is 12.9. The third-order valence-corrected chi connectivity index (χ3v) is 15.6. The Balaban J connectivity index is 4.13. The first-order valence-electron chi connectivity index (χ1n) is 34.5. The van der Waals surface area contributed by atoms with Gasteiger partial charge in [0, 0.05) is 19.3 Å². The van der Waals surface area contributed by atoms with E-state index in [1.165, 1.54) is 270 Å². The fourth-order valence-electron chi connectivity index (χ4n) is 10.5. The quantitative estimate of drug-likeness (QED) is 0.0261. The van der Waals surface area contributed by atoms with E-state index in [4.69, 9.17) is 14.2 Å². The molecule has 0 aromatic carbocycles. The minimum Gasteiger partial charge on any atom is -0.462 e. The van der Waals surface area contributed by atoms with Crippen molar-refractivity contribution in [2.75, 3.05) is 13.2 Å². The monoisotopic (exact) mass is 1080 g/mol. The Kier molecular flexibility index (Phi) is 64.1. The highest BCUT2D eigenvalue weighted by atomic mass is 16.6. The second-order valence-electron chi connectivity index (χ2n) is 23.5. The molecule has 0 saturated heterocycles. The molecule has 0 aliphatic rings. The van der Waals surface area contributed by atoms with Crippen LogP contribution in [0.15, 0.2) is 36.5 Å². The Hall–Kier alpha value is -2.37. The van der Waals surface area contributed by atoms with Crippen LogP contribution < -0.4 is 0 Å². The number of ether oxygens (including phenoxy) is 3. The largest absolute Gasteiger partial charge is 0.462 e. The molecule has 0 radical (unpaired) electrons. The molecule has 6 nitrogen and oxygen atoms in total. The lowest BCUT2D eigenvalue weighted by Gasteiger charge is -2.18. The molecule has 0 amide bonds. The van der Waals surface area contributed by atoms with Crippen LogP contribution in [0.5, 0.6) is 0 Å². The molecule has 77 heavy (non-hydrogen) atoms. The third-order valence-electron chi connectivity index (χ3n) is 15.6. The molecular formula is C71H132O6. The Labute approximate surface area is 480 Å². The van der Waals surface area contributed by atoms with Gasteiger partial charge in [0.1, 0.15) is 13.2 Å². The minimum atomic E-state index is -0.767. The molecule has 0 fully saturated rings. The molecule has 0 heterocycles. The topological polar surface area (TPSA) is 78.9 Å². The fraction of sp³-hybridized carbons (Fsp3) is 0.873. The van der Waals surface area contributed by atoms with Gasteiger partial charge in [-0.3, -0.25) is 14.4 Å². The van der Waals surface area contributed by atoms with E-state index in [2.05, 4.69) is 57.2 Å². The molecule has 6 heteroatoms. The number of hydrogen-bond acceptors (Lipinski definition) is 6. The SMILES string of the molecule is CCCCCCC/C=C\C/C=C\C/C=C\CCCCCCCCCCCCCCCCCCC(=O)OCC(COC(=O)CCCCCCCCCCCCCC)OC(=O)CCCCCCCCCCCCCCCCCC. The van der Waals surface area contributed by atoms with Crippen LogP contribution in [0, 0.1) is 0 Å². The van der Waals surface area contributed by atoms with Gasteiger partial charge in [0.25, 0.3) is 0 Å². The molecule has 0 N–H and O–H groups in total. The van der Waals surface area contributed by atoms with Crippen molar-refractivity contribution >= 4 is 17.9 Å². The number of esters is 3. The molecule has 0 rings (SSSR count). The van der Waals surface area contributed by atoms with Crippen LogP contribution >= 0.6 is 0 Å². The average molecular weight is 1080 g/mol. The van der Waals surface area contributed by atoms with Gasteiger partial charge < -0.3 is 14.2 Å². The molecule has 0 aliphatic carbocycles. The first-order valence-corrected chi connectivity index (χ1v) is 34.5. The van der Waals surface area contributed by atoms with Crippen molar-refractivity contribution in [3.63, 3.8) is 0 Å². The number of unbranched alkanes of at least 4 members (excludes halogenated alkanes) is 47. The van der Waals surface area contributed by atoms with Gasteiger partial charge in [-0.25, -0.2) is 0 Å². The first-order chi connectivity index (χ1) is 38.0. The molecule has 0 aromatic heterocycles. The van der Waals surface area contributed by atoms with Crippen molar-refractivity contribution in [2.24, 2.45) is 0 Å². The van der Waals surface area contributed by atoms with Crippen LogP contribution in [0.1, 0.15) is 380 Å². The number of rotatable bonds is 64. The average Bonchev–Trinajstić information content (AvgIpc) is 3.43. The van der Waals surface area contributed by atoms with E-state index in [1.54, 1.807) is 0 Å². The number of carbonyl (C=O) groups excluding carboxylic acids is 3. The lowest BCUT2D eigenvalue weighted by Crippen LogP contribution is -2.30.